The quantitative estimate of drug-likeness (QED) is 0.838. The van der Waals surface area contributed by atoms with Crippen LogP contribution in [0.5, 0.6) is 11.5 Å². The molecule has 0 fully saturated rings. The highest BCUT2D eigenvalue weighted by Gasteiger charge is 2.10. The number of pyridine rings is 1. The number of benzene rings is 1. The van der Waals surface area contributed by atoms with Gasteiger partial charge in [0.2, 0.25) is 0 Å². The second kappa shape index (κ2) is 6.52. The topological polar surface area (TPSA) is 31.4 Å². The van der Waals surface area contributed by atoms with Gasteiger partial charge in [-0.05, 0) is 35.7 Å². The van der Waals surface area contributed by atoms with E-state index in [1.54, 1.807) is 25.6 Å². The van der Waals surface area contributed by atoms with Crippen molar-refractivity contribution in [2.24, 2.45) is 0 Å². The molecule has 0 atom stereocenters. The monoisotopic (exact) mass is 299 g/mol. The number of aromatic nitrogens is 1. The Bertz CT molecular complexity index is 593. The molecule has 0 saturated carbocycles. The van der Waals surface area contributed by atoms with Crippen LogP contribution in [-0.4, -0.2) is 18.7 Å². The van der Waals surface area contributed by atoms with Crippen LogP contribution in [0.1, 0.15) is 11.1 Å². The fraction of sp³-hybridized carbons (Fsp3) is 0.214. The molecule has 6 heteroatoms. The highest BCUT2D eigenvalue weighted by molar-refractivity contribution is 6.32. The van der Waals surface area contributed by atoms with Crippen LogP contribution in [0.2, 0.25) is 5.02 Å². The molecule has 1 aromatic carbocycles. The largest absolute Gasteiger partial charge is 0.495 e. The van der Waals surface area contributed by atoms with Crippen LogP contribution in [0.4, 0.5) is 8.78 Å². The molecule has 3 nitrogen and oxygen atoms in total. The van der Waals surface area contributed by atoms with Crippen LogP contribution >= 0.6 is 11.6 Å². The molecule has 0 aliphatic rings. The highest BCUT2D eigenvalue weighted by Crippen LogP contribution is 2.28. The predicted molar refractivity (Wildman–Crippen MR) is 71.7 cm³/mol. The molecule has 106 valence electrons. The maximum atomic E-state index is 12.3. The number of rotatable bonds is 5. The molecular weight excluding hydrogens is 288 g/mol. The van der Waals surface area contributed by atoms with Gasteiger partial charge in [-0.15, -0.1) is 0 Å². The van der Waals surface area contributed by atoms with Gasteiger partial charge in [0.1, 0.15) is 11.5 Å². The minimum Gasteiger partial charge on any atom is -0.495 e. The van der Waals surface area contributed by atoms with Gasteiger partial charge < -0.3 is 9.47 Å². The summed E-state index contributed by atoms with van der Waals surface area (Å²) in [7, 11) is 1.55. The predicted octanol–water partition coefficient (Wildman–Crippen LogP) is 3.94. The zero-order valence-corrected chi connectivity index (χ0v) is 11.4. The van der Waals surface area contributed by atoms with Crippen molar-refractivity contribution in [1.29, 1.82) is 0 Å². The molecule has 2 rings (SSSR count). The molecule has 0 radical (unpaired) electrons. The summed E-state index contributed by atoms with van der Waals surface area (Å²) in [6, 6.07) is 6.60. The first kappa shape index (κ1) is 14.5. The fourth-order valence-corrected chi connectivity index (χ4v) is 1.91. The summed E-state index contributed by atoms with van der Waals surface area (Å²) in [5.74, 6) is 0.607. The molecule has 2 aromatic rings. The van der Waals surface area contributed by atoms with Crippen molar-refractivity contribution in [2.45, 2.75) is 13.0 Å². The van der Waals surface area contributed by atoms with E-state index in [2.05, 4.69) is 9.72 Å². The van der Waals surface area contributed by atoms with Crippen molar-refractivity contribution in [3.05, 3.63) is 52.8 Å². The molecule has 0 aliphatic heterocycles. The number of methoxy groups -OCH3 is 1. The molecule has 20 heavy (non-hydrogen) atoms. The Hall–Kier alpha value is -1.88. The Kier molecular flexibility index (Phi) is 4.74. The Morgan fingerprint density at radius 2 is 2.00 bits per heavy atom. The van der Waals surface area contributed by atoms with Crippen molar-refractivity contribution < 1.29 is 18.3 Å². The third kappa shape index (κ3) is 3.81. The van der Waals surface area contributed by atoms with Gasteiger partial charge in [-0.25, -0.2) is 0 Å². The van der Waals surface area contributed by atoms with Crippen LogP contribution < -0.4 is 9.47 Å². The molecular formula is C14H12ClF2NO2. The van der Waals surface area contributed by atoms with Gasteiger partial charge in [-0.1, -0.05) is 17.7 Å². The van der Waals surface area contributed by atoms with Crippen LogP contribution in [0.25, 0.3) is 0 Å². The summed E-state index contributed by atoms with van der Waals surface area (Å²) < 4.78 is 33.9. The molecule has 0 bridgehead atoms. The zero-order chi connectivity index (χ0) is 14.5. The van der Waals surface area contributed by atoms with E-state index in [4.69, 9.17) is 16.3 Å². The molecule has 1 heterocycles. The SMILES string of the molecule is COc1cncc(Cc2ccc(Cl)c(OC(F)F)c2)c1. The molecule has 1 aromatic heterocycles. The average Bonchev–Trinajstić information content (AvgIpc) is 2.42. The van der Waals surface area contributed by atoms with Gasteiger partial charge in [0.05, 0.1) is 18.3 Å². The van der Waals surface area contributed by atoms with Crippen molar-refractivity contribution in [1.82, 2.24) is 4.98 Å². The molecule has 0 saturated heterocycles. The van der Waals surface area contributed by atoms with Gasteiger partial charge in [0, 0.05) is 6.20 Å². The first-order valence-electron chi connectivity index (χ1n) is 5.79. The van der Waals surface area contributed by atoms with E-state index in [-0.39, 0.29) is 10.8 Å². The first-order valence-corrected chi connectivity index (χ1v) is 6.17. The lowest BCUT2D eigenvalue weighted by molar-refractivity contribution is -0.0498. The van der Waals surface area contributed by atoms with E-state index in [1.807, 2.05) is 6.07 Å². The number of hydrogen-bond donors (Lipinski definition) is 0. The van der Waals surface area contributed by atoms with E-state index >= 15 is 0 Å². The lowest BCUT2D eigenvalue weighted by Gasteiger charge is -2.09. The van der Waals surface area contributed by atoms with E-state index in [9.17, 15) is 8.78 Å². The maximum absolute atomic E-state index is 12.3. The Balaban J connectivity index is 2.20. The molecule has 0 N–H and O–H groups in total. The van der Waals surface area contributed by atoms with Gasteiger partial charge in [-0.2, -0.15) is 8.78 Å². The van der Waals surface area contributed by atoms with Crippen molar-refractivity contribution >= 4 is 11.6 Å². The first-order chi connectivity index (χ1) is 9.58. The summed E-state index contributed by atoms with van der Waals surface area (Å²) in [5, 5.41) is 0.151. The smallest absolute Gasteiger partial charge is 0.387 e. The summed E-state index contributed by atoms with van der Waals surface area (Å²) in [6.07, 6.45) is 3.79. The summed E-state index contributed by atoms with van der Waals surface area (Å²) >= 11 is 5.80. The lowest BCUT2D eigenvalue weighted by atomic mass is 10.1. The number of nitrogens with zero attached hydrogens (tertiary/aromatic N) is 1. The van der Waals surface area contributed by atoms with Crippen molar-refractivity contribution in [2.75, 3.05) is 7.11 Å². The molecule has 0 amide bonds. The van der Waals surface area contributed by atoms with Crippen LogP contribution in [0, 0.1) is 0 Å². The fourth-order valence-electron chi connectivity index (χ4n) is 1.75. The summed E-state index contributed by atoms with van der Waals surface area (Å²) in [5.41, 5.74) is 1.69. The molecule has 0 spiro atoms. The van der Waals surface area contributed by atoms with E-state index in [1.165, 1.54) is 12.1 Å². The van der Waals surface area contributed by atoms with E-state index in [0.717, 1.165) is 11.1 Å². The summed E-state index contributed by atoms with van der Waals surface area (Å²) in [6.45, 7) is -2.90. The number of alkyl halides is 2. The molecule has 0 unspecified atom stereocenters. The minimum atomic E-state index is -2.90. The van der Waals surface area contributed by atoms with Gasteiger partial charge >= 0.3 is 6.61 Å². The third-order valence-electron chi connectivity index (χ3n) is 2.63. The Labute approximate surface area is 120 Å². The van der Waals surface area contributed by atoms with E-state index in [0.29, 0.717) is 12.2 Å². The van der Waals surface area contributed by atoms with Crippen LogP contribution in [0.3, 0.4) is 0 Å². The van der Waals surface area contributed by atoms with E-state index < -0.39 is 6.61 Å². The minimum absolute atomic E-state index is 0.0324. The van der Waals surface area contributed by atoms with Crippen molar-refractivity contribution in [3.63, 3.8) is 0 Å². The lowest BCUT2D eigenvalue weighted by Crippen LogP contribution is -2.03. The maximum Gasteiger partial charge on any atom is 0.387 e. The Morgan fingerprint density at radius 1 is 1.20 bits per heavy atom. The standard InChI is InChI=1S/C14H12ClF2NO2/c1-19-11-5-10(7-18-8-11)4-9-2-3-12(15)13(6-9)20-14(16)17/h2-3,5-8,14H,4H2,1H3. The third-order valence-corrected chi connectivity index (χ3v) is 2.94. The second-order valence-corrected chi connectivity index (χ2v) is 4.46. The highest BCUT2D eigenvalue weighted by atomic mass is 35.5. The van der Waals surface area contributed by atoms with Gasteiger partial charge in [0.25, 0.3) is 0 Å². The number of halogens is 3. The molecule has 0 aliphatic carbocycles. The van der Waals surface area contributed by atoms with Crippen molar-refractivity contribution in [3.8, 4) is 11.5 Å². The van der Waals surface area contributed by atoms with Crippen LogP contribution in [0.15, 0.2) is 36.7 Å². The zero-order valence-electron chi connectivity index (χ0n) is 10.6. The number of ether oxygens (including phenoxy) is 2. The average molecular weight is 300 g/mol. The normalized spacial score (nSPS) is 10.7. The van der Waals surface area contributed by atoms with Gasteiger partial charge in [0.15, 0.2) is 0 Å². The second-order valence-electron chi connectivity index (χ2n) is 4.05. The Morgan fingerprint density at radius 3 is 2.70 bits per heavy atom. The van der Waals surface area contributed by atoms with Gasteiger partial charge in [-0.3, -0.25) is 4.98 Å². The number of hydrogen-bond acceptors (Lipinski definition) is 3. The van der Waals surface area contributed by atoms with Crippen LogP contribution in [-0.2, 0) is 6.42 Å². The summed E-state index contributed by atoms with van der Waals surface area (Å²) in [4.78, 5) is 4.04.